The first kappa shape index (κ1) is 21.9. The summed E-state index contributed by atoms with van der Waals surface area (Å²) in [6.45, 7) is 6.82. The van der Waals surface area contributed by atoms with Crippen LogP contribution in [0.1, 0.15) is 53.4 Å². The molecule has 1 saturated carbocycles. The molecule has 2 aromatic rings. The van der Waals surface area contributed by atoms with Crippen LogP contribution in [0.3, 0.4) is 0 Å². The summed E-state index contributed by atoms with van der Waals surface area (Å²) in [5.74, 6) is -0.151. The number of aromatic nitrogens is 1. The zero-order valence-corrected chi connectivity index (χ0v) is 18.9. The molecular formula is C23H29FN4O2S. The van der Waals surface area contributed by atoms with E-state index in [1.54, 1.807) is 11.6 Å². The van der Waals surface area contributed by atoms with Crippen molar-refractivity contribution in [2.24, 2.45) is 5.92 Å². The SMILES string of the molecule is Cc1c(CN2CCN(C(=O)C3CCCC3)[C@@H](C)C2)cc(F)cc1NC(=O)c1cncs1. The number of piperazine rings is 1. The van der Waals surface area contributed by atoms with Crippen LogP contribution in [-0.4, -0.2) is 52.3 Å². The summed E-state index contributed by atoms with van der Waals surface area (Å²) in [6.07, 6.45) is 5.86. The monoisotopic (exact) mass is 444 g/mol. The number of amides is 2. The van der Waals surface area contributed by atoms with Crippen LogP contribution >= 0.6 is 11.3 Å². The standard InChI is InChI=1S/C23H29FN4O2S/c1-15-12-27(7-8-28(15)23(30)17-5-3-4-6-17)13-18-9-19(24)10-20(16(18)2)26-22(29)21-11-25-14-31-21/h9-11,14-15,17H,3-8,12-13H2,1-2H3,(H,26,29)/t15-/m0/s1. The number of halogens is 1. The Morgan fingerprint density at radius 3 is 2.71 bits per heavy atom. The van der Waals surface area contributed by atoms with Gasteiger partial charge in [-0.05, 0) is 49.9 Å². The largest absolute Gasteiger partial charge is 0.337 e. The van der Waals surface area contributed by atoms with E-state index in [1.807, 2.05) is 11.8 Å². The molecule has 2 heterocycles. The molecule has 2 fully saturated rings. The normalized spacial score (nSPS) is 20.2. The smallest absolute Gasteiger partial charge is 0.267 e. The van der Waals surface area contributed by atoms with Gasteiger partial charge in [0.05, 0.1) is 11.7 Å². The highest BCUT2D eigenvalue weighted by Crippen LogP contribution is 2.29. The van der Waals surface area contributed by atoms with Gasteiger partial charge >= 0.3 is 0 Å². The van der Waals surface area contributed by atoms with E-state index in [0.29, 0.717) is 29.6 Å². The van der Waals surface area contributed by atoms with E-state index in [1.165, 1.54) is 23.6 Å². The highest BCUT2D eigenvalue weighted by molar-refractivity contribution is 7.11. The van der Waals surface area contributed by atoms with Crippen molar-refractivity contribution in [3.8, 4) is 0 Å². The summed E-state index contributed by atoms with van der Waals surface area (Å²) in [4.78, 5) is 33.9. The maximum absolute atomic E-state index is 14.3. The first-order valence-electron chi connectivity index (χ1n) is 10.9. The van der Waals surface area contributed by atoms with Crippen molar-refractivity contribution >= 4 is 28.8 Å². The Hall–Kier alpha value is -2.32. The van der Waals surface area contributed by atoms with Gasteiger partial charge in [-0.25, -0.2) is 4.39 Å². The molecule has 2 amide bonds. The molecule has 1 atom stereocenters. The second kappa shape index (κ2) is 9.44. The summed E-state index contributed by atoms with van der Waals surface area (Å²) >= 11 is 1.25. The van der Waals surface area contributed by atoms with Crippen LogP contribution in [0.15, 0.2) is 23.8 Å². The highest BCUT2D eigenvalue weighted by Gasteiger charge is 2.33. The molecule has 2 aliphatic rings. The molecule has 1 aromatic heterocycles. The number of carbonyl (C=O) groups excluding carboxylic acids is 2. The minimum Gasteiger partial charge on any atom is -0.337 e. The molecule has 8 heteroatoms. The van der Waals surface area contributed by atoms with Crippen LogP contribution in [0.25, 0.3) is 0 Å². The van der Waals surface area contributed by atoms with Gasteiger partial charge in [-0.1, -0.05) is 12.8 Å². The highest BCUT2D eigenvalue weighted by atomic mass is 32.1. The Balaban J connectivity index is 1.42. The Kier molecular flexibility index (Phi) is 6.67. The van der Waals surface area contributed by atoms with Crippen molar-refractivity contribution in [2.75, 3.05) is 25.0 Å². The molecule has 1 aliphatic heterocycles. The third-order valence-corrected chi connectivity index (χ3v) is 7.25. The average Bonchev–Trinajstić information content (AvgIpc) is 3.45. The maximum atomic E-state index is 14.3. The maximum Gasteiger partial charge on any atom is 0.267 e. The summed E-state index contributed by atoms with van der Waals surface area (Å²) < 4.78 is 14.3. The Bertz CT molecular complexity index is 943. The molecule has 0 spiro atoms. The van der Waals surface area contributed by atoms with Crippen LogP contribution in [0.2, 0.25) is 0 Å². The molecule has 6 nitrogen and oxygen atoms in total. The summed E-state index contributed by atoms with van der Waals surface area (Å²) in [6, 6.07) is 3.04. The average molecular weight is 445 g/mol. The van der Waals surface area contributed by atoms with Crippen molar-refractivity contribution < 1.29 is 14.0 Å². The number of nitrogens with one attached hydrogen (secondary N) is 1. The van der Waals surface area contributed by atoms with Crippen molar-refractivity contribution in [3.63, 3.8) is 0 Å². The Morgan fingerprint density at radius 2 is 2.03 bits per heavy atom. The number of anilines is 1. The lowest BCUT2D eigenvalue weighted by atomic mass is 10.0. The fourth-order valence-corrected chi connectivity index (χ4v) is 5.21. The molecule has 1 aliphatic carbocycles. The molecule has 0 unspecified atom stereocenters. The van der Waals surface area contributed by atoms with E-state index >= 15 is 0 Å². The fraction of sp³-hybridized carbons (Fsp3) is 0.522. The summed E-state index contributed by atoms with van der Waals surface area (Å²) in [5.41, 5.74) is 3.78. The molecule has 0 radical (unpaired) electrons. The van der Waals surface area contributed by atoms with E-state index in [2.05, 4.69) is 22.1 Å². The number of rotatable bonds is 5. The predicted octanol–water partition coefficient (Wildman–Crippen LogP) is 4.07. The number of hydrogen-bond acceptors (Lipinski definition) is 5. The first-order chi connectivity index (χ1) is 14.9. The van der Waals surface area contributed by atoms with E-state index < -0.39 is 0 Å². The van der Waals surface area contributed by atoms with Crippen molar-refractivity contribution in [2.45, 2.75) is 52.1 Å². The number of carbonyl (C=O) groups is 2. The minimum atomic E-state index is -0.372. The minimum absolute atomic E-state index is 0.140. The van der Waals surface area contributed by atoms with E-state index in [4.69, 9.17) is 0 Å². The third-order valence-electron chi connectivity index (χ3n) is 6.48. The molecule has 4 rings (SSSR count). The Morgan fingerprint density at radius 1 is 1.26 bits per heavy atom. The second-order valence-corrected chi connectivity index (χ2v) is 9.54. The van der Waals surface area contributed by atoms with Gasteiger partial charge in [0, 0.05) is 43.8 Å². The zero-order chi connectivity index (χ0) is 22.0. The van der Waals surface area contributed by atoms with Crippen LogP contribution in [0.4, 0.5) is 10.1 Å². The van der Waals surface area contributed by atoms with Crippen molar-refractivity contribution in [1.29, 1.82) is 0 Å². The third kappa shape index (κ3) is 4.96. The van der Waals surface area contributed by atoms with Crippen molar-refractivity contribution in [1.82, 2.24) is 14.8 Å². The van der Waals surface area contributed by atoms with E-state index in [-0.39, 0.29) is 23.7 Å². The van der Waals surface area contributed by atoms with Crippen LogP contribution in [0, 0.1) is 18.7 Å². The van der Waals surface area contributed by atoms with Crippen LogP contribution in [-0.2, 0) is 11.3 Å². The van der Waals surface area contributed by atoms with E-state index in [0.717, 1.165) is 49.9 Å². The lowest BCUT2D eigenvalue weighted by Gasteiger charge is -2.41. The lowest BCUT2D eigenvalue weighted by molar-refractivity contribution is -0.140. The quantitative estimate of drug-likeness (QED) is 0.755. The van der Waals surface area contributed by atoms with Gasteiger partial charge < -0.3 is 10.2 Å². The van der Waals surface area contributed by atoms with Gasteiger partial charge in [0.25, 0.3) is 5.91 Å². The van der Waals surface area contributed by atoms with Crippen LogP contribution < -0.4 is 5.32 Å². The number of thiazole rings is 1. The molecule has 1 N–H and O–H groups in total. The molecule has 31 heavy (non-hydrogen) atoms. The van der Waals surface area contributed by atoms with Gasteiger partial charge in [0.2, 0.25) is 5.91 Å². The van der Waals surface area contributed by atoms with Crippen molar-refractivity contribution in [3.05, 3.63) is 45.7 Å². The molecule has 1 saturated heterocycles. The van der Waals surface area contributed by atoms with Crippen LogP contribution in [0.5, 0.6) is 0 Å². The predicted molar refractivity (Wildman–Crippen MR) is 120 cm³/mol. The summed E-state index contributed by atoms with van der Waals surface area (Å²) in [7, 11) is 0. The first-order valence-corrected chi connectivity index (χ1v) is 11.8. The van der Waals surface area contributed by atoms with Gasteiger partial charge in [-0.2, -0.15) is 0 Å². The molecule has 1 aromatic carbocycles. The number of nitrogens with zero attached hydrogens (tertiary/aromatic N) is 3. The summed E-state index contributed by atoms with van der Waals surface area (Å²) in [5, 5.41) is 2.81. The second-order valence-electron chi connectivity index (χ2n) is 8.65. The number of hydrogen-bond donors (Lipinski definition) is 1. The van der Waals surface area contributed by atoms with E-state index in [9.17, 15) is 14.0 Å². The Labute approximate surface area is 186 Å². The van der Waals surface area contributed by atoms with Gasteiger partial charge in [-0.3, -0.25) is 19.5 Å². The molecular weight excluding hydrogens is 415 g/mol. The molecule has 166 valence electrons. The topological polar surface area (TPSA) is 65.5 Å². The fourth-order valence-electron chi connectivity index (χ4n) is 4.69. The van der Waals surface area contributed by atoms with Gasteiger partial charge in [-0.15, -0.1) is 11.3 Å². The van der Waals surface area contributed by atoms with Gasteiger partial charge in [0.1, 0.15) is 10.7 Å². The molecule has 0 bridgehead atoms. The zero-order valence-electron chi connectivity index (χ0n) is 18.1. The van der Waals surface area contributed by atoms with Gasteiger partial charge in [0.15, 0.2) is 0 Å². The lowest BCUT2D eigenvalue weighted by Crippen LogP contribution is -2.54. The number of benzene rings is 1.